The van der Waals surface area contributed by atoms with E-state index in [1.54, 1.807) is 0 Å². The summed E-state index contributed by atoms with van der Waals surface area (Å²) in [6, 6.07) is 3.79. The van der Waals surface area contributed by atoms with Gasteiger partial charge in [0, 0.05) is 11.8 Å². The van der Waals surface area contributed by atoms with Crippen LogP contribution in [0, 0.1) is 11.6 Å². The Morgan fingerprint density at radius 3 is 2.10 bits per heavy atom. The summed E-state index contributed by atoms with van der Waals surface area (Å²) in [5.74, 6) is 3.50. The third-order valence-corrected chi connectivity index (χ3v) is 2.86. The highest BCUT2D eigenvalue weighted by atomic mass is 19.4. The Labute approximate surface area is 116 Å². The molecular weight excluding hydrogens is 293 g/mol. The molecule has 1 heterocycles. The molecule has 112 valence electrons. The lowest BCUT2D eigenvalue weighted by Crippen LogP contribution is -2.31. The van der Waals surface area contributed by atoms with Gasteiger partial charge in [-0.2, -0.15) is 13.2 Å². The van der Waals surface area contributed by atoms with E-state index in [1.807, 2.05) is 0 Å². The Bertz CT molecular complexity index is 604. The topological polar surface area (TPSA) is 50.9 Å². The first-order chi connectivity index (χ1) is 9.84. The number of aromatic nitrogens is 1. The lowest BCUT2D eigenvalue weighted by Gasteiger charge is -2.17. The molecule has 0 fully saturated rings. The fourth-order valence-electron chi connectivity index (χ4n) is 1.85. The van der Waals surface area contributed by atoms with E-state index < -0.39 is 35.0 Å². The highest BCUT2D eigenvalue weighted by Gasteiger charge is 2.31. The van der Waals surface area contributed by atoms with Crippen molar-refractivity contribution in [1.82, 2.24) is 10.4 Å². The minimum absolute atomic E-state index is 0.0329. The molecule has 21 heavy (non-hydrogen) atoms. The van der Waals surface area contributed by atoms with Gasteiger partial charge >= 0.3 is 6.18 Å². The lowest BCUT2D eigenvalue weighted by molar-refractivity contribution is -0.137. The Hall–Kier alpha value is -2.06. The van der Waals surface area contributed by atoms with Crippen LogP contribution in [0.1, 0.15) is 22.9 Å². The molecule has 8 heteroatoms. The number of nitrogens with two attached hydrogens (primary N) is 1. The van der Waals surface area contributed by atoms with Gasteiger partial charge in [-0.25, -0.2) is 14.2 Å². The number of pyridine rings is 1. The van der Waals surface area contributed by atoms with Crippen molar-refractivity contribution in [2.45, 2.75) is 12.2 Å². The second-order valence-electron chi connectivity index (χ2n) is 4.20. The summed E-state index contributed by atoms with van der Waals surface area (Å²) in [6.07, 6.45) is -3.96. The minimum atomic E-state index is -4.54. The maximum Gasteiger partial charge on any atom is 0.417 e. The molecule has 0 aliphatic carbocycles. The Kier molecular flexibility index (Phi) is 4.19. The van der Waals surface area contributed by atoms with Gasteiger partial charge in [-0.3, -0.25) is 10.8 Å². The first kappa shape index (κ1) is 15.3. The zero-order valence-electron chi connectivity index (χ0n) is 10.5. The normalized spacial score (nSPS) is 13.2. The van der Waals surface area contributed by atoms with Gasteiger partial charge in [-0.15, -0.1) is 0 Å². The van der Waals surface area contributed by atoms with Crippen LogP contribution in [0.15, 0.2) is 36.5 Å². The van der Waals surface area contributed by atoms with Gasteiger partial charge in [0.2, 0.25) is 0 Å². The molecule has 0 radical (unpaired) electrons. The number of nitrogens with one attached hydrogen (secondary N) is 1. The molecule has 3 nitrogen and oxygen atoms in total. The van der Waals surface area contributed by atoms with Gasteiger partial charge in [0.15, 0.2) is 0 Å². The van der Waals surface area contributed by atoms with Crippen molar-refractivity contribution >= 4 is 0 Å². The Morgan fingerprint density at radius 2 is 1.67 bits per heavy atom. The number of nitrogens with zero attached hydrogens (tertiary/aromatic N) is 1. The third kappa shape index (κ3) is 3.17. The van der Waals surface area contributed by atoms with Crippen LogP contribution in [0.4, 0.5) is 22.0 Å². The van der Waals surface area contributed by atoms with Crippen molar-refractivity contribution in [2.75, 3.05) is 0 Å². The zero-order chi connectivity index (χ0) is 15.6. The summed E-state index contributed by atoms with van der Waals surface area (Å²) >= 11 is 0. The van der Waals surface area contributed by atoms with Gasteiger partial charge < -0.3 is 0 Å². The summed E-state index contributed by atoms with van der Waals surface area (Å²) in [6.45, 7) is 0. The van der Waals surface area contributed by atoms with Crippen LogP contribution in [0.2, 0.25) is 0 Å². The number of hydrogen-bond acceptors (Lipinski definition) is 3. The van der Waals surface area contributed by atoms with Crippen molar-refractivity contribution in [3.05, 3.63) is 65.0 Å². The largest absolute Gasteiger partial charge is 0.417 e. The molecule has 0 amide bonds. The average Bonchev–Trinajstić information content (AvgIpc) is 2.42. The molecule has 1 atom stereocenters. The van der Waals surface area contributed by atoms with Crippen molar-refractivity contribution < 1.29 is 22.0 Å². The zero-order valence-corrected chi connectivity index (χ0v) is 10.5. The number of halogens is 5. The van der Waals surface area contributed by atoms with Crippen LogP contribution in [-0.2, 0) is 6.18 Å². The van der Waals surface area contributed by atoms with Gasteiger partial charge in [0.1, 0.15) is 11.6 Å². The maximum atomic E-state index is 13.7. The molecular formula is C13H10F5N3. The standard InChI is InChI=1S/C13H10F5N3/c14-8-2-1-3-9(15)11(8)12(21-19)10-5-4-7(6-20-10)13(16,17)18/h1-6,12,21H,19H2. The van der Waals surface area contributed by atoms with E-state index in [9.17, 15) is 22.0 Å². The molecule has 2 rings (SSSR count). The number of alkyl halides is 3. The average molecular weight is 303 g/mol. The fourth-order valence-corrected chi connectivity index (χ4v) is 1.85. The first-order valence-corrected chi connectivity index (χ1v) is 5.77. The molecule has 0 spiro atoms. The third-order valence-electron chi connectivity index (χ3n) is 2.86. The van der Waals surface area contributed by atoms with Crippen LogP contribution in [-0.4, -0.2) is 4.98 Å². The van der Waals surface area contributed by atoms with Crippen molar-refractivity contribution in [1.29, 1.82) is 0 Å². The number of hydrogen-bond donors (Lipinski definition) is 2. The molecule has 0 aliphatic heterocycles. The Morgan fingerprint density at radius 1 is 1.05 bits per heavy atom. The van der Waals surface area contributed by atoms with E-state index in [-0.39, 0.29) is 5.69 Å². The molecule has 2 aromatic rings. The second kappa shape index (κ2) is 5.74. The molecule has 0 aliphatic rings. The molecule has 1 unspecified atom stereocenters. The number of rotatable bonds is 3. The van der Waals surface area contributed by atoms with Crippen molar-refractivity contribution in [3.63, 3.8) is 0 Å². The molecule has 1 aromatic carbocycles. The van der Waals surface area contributed by atoms with Crippen LogP contribution in [0.5, 0.6) is 0 Å². The highest BCUT2D eigenvalue weighted by Crippen LogP contribution is 2.30. The summed E-state index contributed by atoms with van der Waals surface area (Å²) < 4.78 is 64.8. The molecule has 0 saturated heterocycles. The minimum Gasteiger partial charge on any atom is -0.271 e. The first-order valence-electron chi connectivity index (χ1n) is 5.77. The second-order valence-corrected chi connectivity index (χ2v) is 4.20. The summed E-state index contributed by atoms with van der Waals surface area (Å²) in [7, 11) is 0. The lowest BCUT2D eigenvalue weighted by atomic mass is 10.0. The molecule has 0 saturated carbocycles. The maximum absolute atomic E-state index is 13.7. The quantitative estimate of drug-likeness (QED) is 0.521. The van der Waals surface area contributed by atoms with E-state index in [1.165, 1.54) is 6.07 Å². The Balaban J connectivity index is 2.43. The summed E-state index contributed by atoms with van der Waals surface area (Å²) in [4.78, 5) is 3.58. The van der Waals surface area contributed by atoms with Gasteiger partial charge in [-0.1, -0.05) is 6.07 Å². The molecule has 0 bridgehead atoms. The molecule has 3 N–H and O–H groups in total. The fraction of sp³-hybridized carbons (Fsp3) is 0.154. The van der Waals surface area contributed by atoms with Gasteiger partial charge in [-0.05, 0) is 24.3 Å². The predicted octanol–water partition coefficient (Wildman–Crippen LogP) is 2.93. The van der Waals surface area contributed by atoms with Crippen LogP contribution in [0.25, 0.3) is 0 Å². The van der Waals surface area contributed by atoms with E-state index in [0.717, 1.165) is 24.3 Å². The number of benzene rings is 1. The van der Waals surface area contributed by atoms with E-state index in [4.69, 9.17) is 5.84 Å². The van der Waals surface area contributed by atoms with Gasteiger partial charge in [0.25, 0.3) is 0 Å². The van der Waals surface area contributed by atoms with Crippen molar-refractivity contribution in [3.8, 4) is 0 Å². The smallest absolute Gasteiger partial charge is 0.271 e. The van der Waals surface area contributed by atoms with Crippen LogP contribution >= 0.6 is 0 Å². The monoisotopic (exact) mass is 303 g/mol. The molecule has 1 aromatic heterocycles. The summed E-state index contributed by atoms with van der Waals surface area (Å²) in [5.41, 5.74) is 0.746. The van der Waals surface area contributed by atoms with Gasteiger partial charge in [0.05, 0.1) is 17.3 Å². The number of hydrazine groups is 1. The predicted molar refractivity (Wildman–Crippen MR) is 64.8 cm³/mol. The van der Waals surface area contributed by atoms with Crippen LogP contribution < -0.4 is 11.3 Å². The van der Waals surface area contributed by atoms with Crippen molar-refractivity contribution in [2.24, 2.45) is 5.84 Å². The van der Waals surface area contributed by atoms with Crippen LogP contribution in [0.3, 0.4) is 0 Å². The van der Waals surface area contributed by atoms with E-state index in [0.29, 0.717) is 6.20 Å². The SMILES string of the molecule is NNC(c1ccc(C(F)(F)F)cn1)c1c(F)cccc1F. The summed E-state index contributed by atoms with van der Waals surface area (Å²) in [5, 5.41) is 0. The highest BCUT2D eigenvalue weighted by molar-refractivity contribution is 5.31. The van der Waals surface area contributed by atoms with E-state index >= 15 is 0 Å². The van der Waals surface area contributed by atoms with E-state index in [2.05, 4.69) is 10.4 Å².